The summed E-state index contributed by atoms with van der Waals surface area (Å²) in [5, 5.41) is 11.4. The van der Waals surface area contributed by atoms with E-state index < -0.39 is 0 Å². The Morgan fingerprint density at radius 3 is 2.28 bits per heavy atom. The van der Waals surface area contributed by atoms with Crippen LogP contribution >= 0.6 is 0 Å². The van der Waals surface area contributed by atoms with Gasteiger partial charge in [0.1, 0.15) is 23.6 Å². The van der Waals surface area contributed by atoms with Crippen LogP contribution in [0.1, 0.15) is 17.3 Å². The van der Waals surface area contributed by atoms with Crippen molar-refractivity contribution < 1.29 is 4.39 Å². The van der Waals surface area contributed by atoms with Crippen LogP contribution in [0.4, 0.5) is 15.9 Å². The first-order valence-electron chi connectivity index (χ1n) is 9.33. The van der Waals surface area contributed by atoms with Gasteiger partial charge in [0.15, 0.2) is 0 Å². The molecule has 4 aromatic rings. The highest BCUT2D eigenvalue weighted by molar-refractivity contribution is 6.12. The van der Waals surface area contributed by atoms with E-state index in [-0.39, 0.29) is 12.0 Å². The van der Waals surface area contributed by atoms with Gasteiger partial charge in [0.2, 0.25) is 0 Å². The normalized spacial score (nSPS) is 15.2. The second-order valence-electron chi connectivity index (χ2n) is 6.72. The van der Waals surface area contributed by atoms with Crippen LogP contribution in [0, 0.1) is 5.82 Å². The van der Waals surface area contributed by atoms with E-state index in [9.17, 15) is 4.39 Å². The van der Waals surface area contributed by atoms with Crippen LogP contribution in [-0.2, 0) is 0 Å². The molecule has 1 aliphatic rings. The van der Waals surface area contributed by atoms with Gasteiger partial charge < -0.3 is 10.6 Å². The third kappa shape index (κ3) is 3.36. The van der Waals surface area contributed by atoms with Crippen molar-refractivity contribution in [1.29, 1.82) is 0 Å². The maximum atomic E-state index is 13.4. The standard InChI is InChI=1S/C23H18FN5/c24-17-13-11-16(12-14-17)21-27-22(26-18-7-3-1-4-8-18)20-15-25-29(23(20)28-21)19-9-5-2-6-10-19/h1-15,21,28H,(H,26,27). The van der Waals surface area contributed by atoms with E-state index in [4.69, 9.17) is 4.99 Å². The van der Waals surface area contributed by atoms with Crippen molar-refractivity contribution in [3.8, 4) is 5.69 Å². The molecule has 5 nitrogen and oxygen atoms in total. The molecule has 0 fully saturated rings. The lowest BCUT2D eigenvalue weighted by molar-refractivity contribution is 0.626. The predicted molar refractivity (Wildman–Crippen MR) is 113 cm³/mol. The van der Waals surface area contributed by atoms with E-state index in [1.165, 1.54) is 12.1 Å². The van der Waals surface area contributed by atoms with E-state index in [2.05, 4.69) is 15.7 Å². The molecule has 1 aliphatic heterocycles. The van der Waals surface area contributed by atoms with Gasteiger partial charge in [-0.2, -0.15) is 5.10 Å². The minimum absolute atomic E-state index is 0.272. The molecular weight excluding hydrogens is 365 g/mol. The first-order chi connectivity index (χ1) is 14.3. The zero-order valence-corrected chi connectivity index (χ0v) is 15.5. The summed E-state index contributed by atoms with van der Waals surface area (Å²) in [5.41, 5.74) is 3.62. The number of hydrogen-bond acceptors (Lipinski definition) is 4. The summed E-state index contributed by atoms with van der Waals surface area (Å²) in [4.78, 5) is 4.84. The Bertz CT molecular complexity index is 1150. The molecule has 1 aromatic heterocycles. The Hall–Kier alpha value is -3.93. The number of aromatic nitrogens is 2. The Kier molecular flexibility index (Phi) is 4.29. The fourth-order valence-corrected chi connectivity index (χ4v) is 3.35. The topological polar surface area (TPSA) is 54.2 Å². The maximum Gasteiger partial charge on any atom is 0.148 e. The van der Waals surface area contributed by atoms with Crippen molar-refractivity contribution in [2.75, 3.05) is 10.6 Å². The first-order valence-corrected chi connectivity index (χ1v) is 9.33. The molecule has 142 valence electrons. The summed E-state index contributed by atoms with van der Waals surface area (Å²) in [6, 6.07) is 26.2. The molecule has 2 heterocycles. The fourth-order valence-electron chi connectivity index (χ4n) is 3.35. The van der Waals surface area contributed by atoms with Gasteiger partial charge in [-0.05, 0) is 42.0 Å². The highest BCUT2D eigenvalue weighted by Gasteiger charge is 2.26. The number of aliphatic imine (C=N–C) groups is 1. The molecule has 3 aromatic carbocycles. The summed E-state index contributed by atoms with van der Waals surface area (Å²) < 4.78 is 15.3. The highest BCUT2D eigenvalue weighted by atomic mass is 19.1. The Morgan fingerprint density at radius 2 is 1.55 bits per heavy atom. The number of nitrogens with one attached hydrogen (secondary N) is 2. The second kappa shape index (κ2) is 7.24. The lowest BCUT2D eigenvalue weighted by atomic mass is 10.1. The minimum atomic E-state index is -0.367. The molecule has 0 radical (unpaired) electrons. The number of amidine groups is 1. The number of halogens is 1. The van der Waals surface area contributed by atoms with Crippen molar-refractivity contribution >= 4 is 17.3 Å². The molecule has 0 aliphatic carbocycles. The number of benzene rings is 3. The lowest BCUT2D eigenvalue weighted by Crippen LogP contribution is -2.25. The summed E-state index contributed by atoms with van der Waals surface area (Å²) >= 11 is 0. The summed E-state index contributed by atoms with van der Waals surface area (Å²) in [6.45, 7) is 0. The molecule has 0 bridgehead atoms. The molecule has 0 spiro atoms. The molecule has 0 saturated carbocycles. The van der Waals surface area contributed by atoms with Crippen LogP contribution in [0.15, 0.2) is 96.1 Å². The van der Waals surface area contributed by atoms with Gasteiger partial charge in [-0.15, -0.1) is 0 Å². The van der Waals surface area contributed by atoms with Crippen molar-refractivity contribution in [2.45, 2.75) is 6.17 Å². The third-order valence-electron chi connectivity index (χ3n) is 4.78. The molecule has 0 saturated heterocycles. The predicted octanol–water partition coefficient (Wildman–Crippen LogP) is 4.99. The number of para-hydroxylation sites is 2. The maximum absolute atomic E-state index is 13.4. The summed E-state index contributed by atoms with van der Waals surface area (Å²) in [6.07, 6.45) is 1.43. The Balaban J connectivity index is 1.59. The van der Waals surface area contributed by atoms with E-state index in [1.54, 1.807) is 18.3 Å². The molecule has 6 heteroatoms. The first kappa shape index (κ1) is 17.2. The van der Waals surface area contributed by atoms with Crippen molar-refractivity contribution in [3.63, 3.8) is 0 Å². The van der Waals surface area contributed by atoms with Gasteiger partial charge in [-0.1, -0.05) is 48.5 Å². The Morgan fingerprint density at radius 1 is 0.862 bits per heavy atom. The molecule has 1 atom stereocenters. The summed E-state index contributed by atoms with van der Waals surface area (Å²) in [5.74, 6) is 1.27. The van der Waals surface area contributed by atoms with Gasteiger partial charge in [0, 0.05) is 5.69 Å². The van der Waals surface area contributed by atoms with Crippen LogP contribution in [0.2, 0.25) is 0 Å². The zero-order valence-electron chi connectivity index (χ0n) is 15.5. The van der Waals surface area contributed by atoms with Crippen LogP contribution in [0.3, 0.4) is 0 Å². The molecule has 29 heavy (non-hydrogen) atoms. The molecule has 1 unspecified atom stereocenters. The van der Waals surface area contributed by atoms with Crippen LogP contribution in [-0.4, -0.2) is 15.6 Å². The number of hydrogen-bond donors (Lipinski definition) is 2. The van der Waals surface area contributed by atoms with Gasteiger partial charge >= 0.3 is 0 Å². The highest BCUT2D eigenvalue weighted by Crippen LogP contribution is 2.32. The number of fused-ring (bicyclic) bond motifs is 1. The van der Waals surface area contributed by atoms with Gasteiger partial charge in [0.25, 0.3) is 0 Å². The number of anilines is 2. The quantitative estimate of drug-likeness (QED) is 0.524. The van der Waals surface area contributed by atoms with Crippen LogP contribution < -0.4 is 10.6 Å². The third-order valence-corrected chi connectivity index (χ3v) is 4.78. The monoisotopic (exact) mass is 383 g/mol. The molecule has 2 N–H and O–H groups in total. The van der Waals surface area contributed by atoms with E-state index in [1.807, 2.05) is 65.3 Å². The van der Waals surface area contributed by atoms with Crippen molar-refractivity contribution in [3.05, 3.63) is 108 Å². The summed E-state index contributed by atoms with van der Waals surface area (Å²) in [7, 11) is 0. The Labute approximate surface area is 167 Å². The van der Waals surface area contributed by atoms with Crippen LogP contribution in [0.5, 0.6) is 0 Å². The van der Waals surface area contributed by atoms with Gasteiger partial charge in [-0.3, -0.25) is 0 Å². The fraction of sp³-hybridized carbons (Fsp3) is 0.0435. The molecular formula is C23H18FN5. The van der Waals surface area contributed by atoms with E-state index in [0.29, 0.717) is 5.84 Å². The smallest absolute Gasteiger partial charge is 0.148 e. The second-order valence-corrected chi connectivity index (χ2v) is 6.72. The van der Waals surface area contributed by atoms with E-state index in [0.717, 1.165) is 28.3 Å². The van der Waals surface area contributed by atoms with Crippen LogP contribution in [0.25, 0.3) is 5.69 Å². The average Bonchev–Trinajstić information content (AvgIpc) is 3.20. The van der Waals surface area contributed by atoms with Crippen molar-refractivity contribution in [2.24, 2.45) is 4.99 Å². The molecule has 5 rings (SSSR count). The average molecular weight is 383 g/mol. The van der Waals surface area contributed by atoms with Gasteiger partial charge in [-0.25, -0.2) is 14.1 Å². The number of nitrogens with zero attached hydrogens (tertiary/aromatic N) is 3. The van der Waals surface area contributed by atoms with E-state index >= 15 is 0 Å². The largest absolute Gasteiger partial charge is 0.344 e. The van der Waals surface area contributed by atoms with Crippen molar-refractivity contribution in [1.82, 2.24) is 9.78 Å². The molecule has 0 amide bonds. The zero-order chi connectivity index (χ0) is 19.6. The SMILES string of the molecule is Fc1ccc(C2N=C(Nc3ccccc3)c3cnn(-c4ccccc4)c3N2)cc1. The minimum Gasteiger partial charge on any atom is -0.344 e. The number of rotatable bonds is 3. The lowest BCUT2D eigenvalue weighted by Gasteiger charge is -2.25. The van der Waals surface area contributed by atoms with Gasteiger partial charge in [0.05, 0.1) is 17.4 Å².